The van der Waals surface area contributed by atoms with Crippen LogP contribution in [0.5, 0.6) is 0 Å². The van der Waals surface area contributed by atoms with Crippen LogP contribution in [0.25, 0.3) is 0 Å². The number of nitrogens with zero attached hydrogens (tertiary/aromatic N) is 1. The van der Waals surface area contributed by atoms with Crippen LogP contribution in [0.15, 0.2) is 27.6 Å². The number of sulfonamides is 1. The lowest BCUT2D eigenvalue weighted by atomic mass is 10.1. The lowest BCUT2D eigenvalue weighted by Crippen LogP contribution is -2.32. The van der Waals surface area contributed by atoms with Gasteiger partial charge in [-0.1, -0.05) is 15.9 Å². The minimum atomic E-state index is -4.35. The molecule has 0 radical (unpaired) electrons. The minimum absolute atomic E-state index is 0.0287. The van der Waals surface area contributed by atoms with Crippen LogP contribution in [0.1, 0.15) is 12.0 Å². The van der Waals surface area contributed by atoms with Gasteiger partial charge in [-0.05, 0) is 37.1 Å². The van der Waals surface area contributed by atoms with Gasteiger partial charge in [0, 0.05) is 17.6 Å². The van der Waals surface area contributed by atoms with Gasteiger partial charge in [0.25, 0.3) is 0 Å². The third kappa shape index (κ3) is 3.01. The van der Waals surface area contributed by atoms with E-state index in [2.05, 4.69) is 15.9 Å². The summed E-state index contributed by atoms with van der Waals surface area (Å²) in [5.74, 6) is -1.58. The molecule has 20 heavy (non-hydrogen) atoms. The van der Waals surface area contributed by atoms with Crippen molar-refractivity contribution in [2.24, 2.45) is 5.92 Å². The summed E-state index contributed by atoms with van der Waals surface area (Å²) in [4.78, 5) is 0.0287. The van der Waals surface area contributed by atoms with Crippen molar-refractivity contribution in [2.45, 2.75) is 24.4 Å². The largest absolute Gasteiger partial charge is 0.393 e. The molecule has 0 aromatic heterocycles. The van der Waals surface area contributed by atoms with E-state index in [9.17, 15) is 21.6 Å². The zero-order valence-corrected chi connectivity index (χ0v) is 13.0. The molecule has 2 rings (SSSR count). The number of halogens is 4. The van der Waals surface area contributed by atoms with Crippen LogP contribution < -0.4 is 0 Å². The van der Waals surface area contributed by atoms with Gasteiger partial charge in [-0.15, -0.1) is 0 Å². The van der Waals surface area contributed by atoms with Gasteiger partial charge in [-0.25, -0.2) is 8.42 Å². The summed E-state index contributed by atoms with van der Waals surface area (Å²) >= 11 is 3.26. The van der Waals surface area contributed by atoms with Crippen LogP contribution in [0.2, 0.25) is 0 Å². The monoisotopic (exact) mass is 371 g/mol. The van der Waals surface area contributed by atoms with Crippen molar-refractivity contribution in [2.75, 3.05) is 13.1 Å². The summed E-state index contributed by atoms with van der Waals surface area (Å²) in [7, 11) is -3.86. The molecule has 1 aliphatic heterocycles. The van der Waals surface area contributed by atoms with Crippen molar-refractivity contribution < 1.29 is 21.6 Å². The molecule has 0 N–H and O–H groups in total. The van der Waals surface area contributed by atoms with Gasteiger partial charge in [-0.3, -0.25) is 0 Å². The predicted molar refractivity (Wildman–Crippen MR) is 71.8 cm³/mol. The van der Waals surface area contributed by atoms with Gasteiger partial charge in [-0.2, -0.15) is 17.5 Å². The molecule has 1 aromatic carbocycles. The van der Waals surface area contributed by atoms with Crippen molar-refractivity contribution in [3.63, 3.8) is 0 Å². The molecule has 0 amide bonds. The first-order valence-electron chi connectivity index (χ1n) is 5.95. The molecule has 0 saturated carbocycles. The van der Waals surface area contributed by atoms with E-state index in [1.54, 1.807) is 13.0 Å². The van der Waals surface area contributed by atoms with E-state index in [-0.39, 0.29) is 17.9 Å². The van der Waals surface area contributed by atoms with Crippen molar-refractivity contribution >= 4 is 26.0 Å². The summed E-state index contributed by atoms with van der Waals surface area (Å²) in [6.45, 7) is 1.13. The predicted octanol–water partition coefficient (Wildman–Crippen LogP) is 3.33. The van der Waals surface area contributed by atoms with Gasteiger partial charge in [0.1, 0.15) is 0 Å². The maximum absolute atomic E-state index is 12.6. The molecular formula is C12H13BrF3NO2S. The van der Waals surface area contributed by atoms with Crippen LogP contribution in [0.4, 0.5) is 13.2 Å². The van der Waals surface area contributed by atoms with Crippen LogP contribution in [-0.4, -0.2) is 32.0 Å². The Balaban J connectivity index is 2.26. The highest BCUT2D eigenvalue weighted by Crippen LogP contribution is 2.35. The standard InChI is InChI=1S/C12H13BrF3NO2S/c1-8-6-10(2-3-11(8)13)20(18,19)17-5-4-9(7-17)12(14,15)16/h2-3,6,9H,4-5,7H2,1H3. The molecule has 1 aliphatic rings. The Morgan fingerprint density at radius 2 is 2.00 bits per heavy atom. The van der Waals surface area contributed by atoms with E-state index in [4.69, 9.17) is 0 Å². The number of aryl methyl sites for hydroxylation is 1. The second-order valence-electron chi connectivity index (χ2n) is 4.80. The summed E-state index contributed by atoms with van der Waals surface area (Å²) in [5, 5.41) is 0. The molecule has 0 bridgehead atoms. The summed E-state index contributed by atoms with van der Waals surface area (Å²) in [6, 6.07) is 4.44. The summed E-state index contributed by atoms with van der Waals surface area (Å²) in [5.41, 5.74) is 0.720. The van der Waals surface area contributed by atoms with E-state index < -0.39 is 28.7 Å². The number of hydrogen-bond acceptors (Lipinski definition) is 2. The molecule has 112 valence electrons. The van der Waals surface area contributed by atoms with Gasteiger partial charge in [0.15, 0.2) is 0 Å². The second kappa shape index (κ2) is 5.31. The topological polar surface area (TPSA) is 37.4 Å². The lowest BCUT2D eigenvalue weighted by Gasteiger charge is -2.18. The van der Waals surface area contributed by atoms with Crippen molar-refractivity contribution in [1.82, 2.24) is 4.31 Å². The normalized spacial score (nSPS) is 21.4. The highest BCUT2D eigenvalue weighted by atomic mass is 79.9. The maximum atomic E-state index is 12.6. The number of alkyl halides is 3. The summed E-state index contributed by atoms with van der Waals surface area (Å²) < 4.78 is 64.1. The van der Waals surface area contributed by atoms with Crippen LogP contribution in [0.3, 0.4) is 0 Å². The average Bonchev–Trinajstić information content (AvgIpc) is 2.82. The van der Waals surface area contributed by atoms with Crippen LogP contribution in [-0.2, 0) is 10.0 Å². The minimum Gasteiger partial charge on any atom is -0.207 e. The van der Waals surface area contributed by atoms with Crippen LogP contribution >= 0.6 is 15.9 Å². The molecule has 1 unspecified atom stereocenters. The first kappa shape index (κ1) is 15.8. The maximum Gasteiger partial charge on any atom is 0.393 e. The molecule has 8 heteroatoms. The van der Waals surface area contributed by atoms with Crippen molar-refractivity contribution in [3.05, 3.63) is 28.2 Å². The van der Waals surface area contributed by atoms with E-state index in [0.29, 0.717) is 0 Å². The molecular weight excluding hydrogens is 359 g/mol. The Morgan fingerprint density at radius 3 is 2.50 bits per heavy atom. The Kier molecular flexibility index (Phi) is 4.19. The number of benzene rings is 1. The van der Waals surface area contributed by atoms with Gasteiger partial charge >= 0.3 is 6.18 Å². The Labute approximate surface area is 123 Å². The number of hydrogen-bond donors (Lipinski definition) is 0. The average molecular weight is 372 g/mol. The van der Waals surface area contributed by atoms with Gasteiger partial charge in [0.2, 0.25) is 10.0 Å². The molecule has 1 fully saturated rings. The van der Waals surface area contributed by atoms with E-state index in [1.807, 2.05) is 0 Å². The second-order valence-corrected chi connectivity index (χ2v) is 7.59. The molecule has 1 heterocycles. The first-order valence-corrected chi connectivity index (χ1v) is 8.18. The zero-order chi connectivity index (χ0) is 15.1. The fraction of sp³-hybridized carbons (Fsp3) is 0.500. The van der Waals surface area contributed by atoms with Gasteiger partial charge in [0.05, 0.1) is 10.8 Å². The molecule has 0 spiro atoms. The Bertz CT molecular complexity index is 616. The van der Waals surface area contributed by atoms with E-state index in [1.165, 1.54) is 12.1 Å². The van der Waals surface area contributed by atoms with E-state index >= 15 is 0 Å². The molecule has 1 saturated heterocycles. The van der Waals surface area contributed by atoms with Crippen LogP contribution in [0, 0.1) is 12.8 Å². The van der Waals surface area contributed by atoms with E-state index in [0.717, 1.165) is 14.3 Å². The fourth-order valence-electron chi connectivity index (χ4n) is 2.14. The smallest absolute Gasteiger partial charge is 0.207 e. The fourth-order valence-corrected chi connectivity index (χ4v) is 3.97. The molecule has 3 nitrogen and oxygen atoms in total. The Morgan fingerprint density at radius 1 is 1.35 bits per heavy atom. The third-order valence-electron chi connectivity index (χ3n) is 3.38. The molecule has 0 aliphatic carbocycles. The molecule has 1 aromatic rings. The van der Waals surface area contributed by atoms with Crippen molar-refractivity contribution in [1.29, 1.82) is 0 Å². The third-order valence-corrected chi connectivity index (χ3v) is 6.13. The number of rotatable bonds is 2. The zero-order valence-electron chi connectivity index (χ0n) is 10.6. The lowest BCUT2D eigenvalue weighted by molar-refractivity contribution is -0.169. The SMILES string of the molecule is Cc1cc(S(=O)(=O)N2CCC(C(F)(F)F)C2)ccc1Br. The quantitative estimate of drug-likeness (QED) is 0.799. The summed E-state index contributed by atoms with van der Waals surface area (Å²) in [6.07, 6.45) is -4.53. The highest BCUT2D eigenvalue weighted by molar-refractivity contribution is 9.10. The van der Waals surface area contributed by atoms with Crippen molar-refractivity contribution in [3.8, 4) is 0 Å². The molecule has 1 atom stereocenters. The first-order chi connectivity index (χ1) is 9.12. The highest BCUT2D eigenvalue weighted by Gasteiger charge is 2.46. The Hall–Kier alpha value is -0.600. The van der Waals surface area contributed by atoms with Gasteiger partial charge < -0.3 is 0 Å².